The zero-order valence-electron chi connectivity index (χ0n) is 12.9. The summed E-state index contributed by atoms with van der Waals surface area (Å²) in [6, 6.07) is 7.57. The van der Waals surface area contributed by atoms with Gasteiger partial charge in [0.25, 0.3) is 5.91 Å². The van der Waals surface area contributed by atoms with Gasteiger partial charge in [0.05, 0.1) is 7.11 Å². The molecule has 1 atom stereocenters. The third kappa shape index (κ3) is 4.20. The topological polar surface area (TPSA) is 78.8 Å². The van der Waals surface area contributed by atoms with Gasteiger partial charge in [-0.2, -0.15) is 0 Å². The van der Waals surface area contributed by atoms with E-state index in [1.54, 1.807) is 12.1 Å². The molecule has 3 N–H and O–H groups in total. The Labute approximate surface area is 137 Å². The molecule has 2 aromatic rings. The molecule has 2 aromatic carbocycles. The predicted octanol–water partition coefficient (Wildman–Crippen LogP) is 2.07. The van der Waals surface area contributed by atoms with Gasteiger partial charge >= 0.3 is 0 Å². The van der Waals surface area contributed by atoms with E-state index in [9.17, 15) is 23.8 Å². The molecule has 0 saturated heterocycles. The zero-order chi connectivity index (χ0) is 17.7. The highest BCUT2D eigenvalue weighted by Crippen LogP contribution is 2.26. The molecule has 0 bridgehead atoms. The molecular formula is C17H17F2NO4. The Morgan fingerprint density at radius 1 is 1.21 bits per heavy atom. The third-order valence-corrected chi connectivity index (χ3v) is 3.46. The van der Waals surface area contributed by atoms with Crippen LogP contribution in [0, 0.1) is 11.6 Å². The van der Waals surface area contributed by atoms with Crippen molar-refractivity contribution in [2.75, 3.05) is 13.7 Å². The summed E-state index contributed by atoms with van der Waals surface area (Å²) in [6.45, 7) is 0.216. The number of hydrogen-bond acceptors (Lipinski definition) is 4. The first-order valence-electron chi connectivity index (χ1n) is 7.19. The van der Waals surface area contributed by atoms with Crippen molar-refractivity contribution in [2.45, 2.75) is 12.5 Å². The molecule has 1 unspecified atom stereocenters. The smallest absolute Gasteiger partial charge is 0.253 e. The number of rotatable bonds is 6. The standard InChI is InChI=1S/C17H17F2NO4/c1-24-15-8-10(2-5-14(15)21)6-7-20-17(23)16(22)11-3-4-12(18)13(19)9-11/h2-5,8-9,16,21-22H,6-7H2,1H3,(H,20,23). The van der Waals surface area contributed by atoms with Crippen LogP contribution in [0.3, 0.4) is 0 Å². The van der Waals surface area contributed by atoms with E-state index in [4.69, 9.17) is 4.74 Å². The van der Waals surface area contributed by atoms with E-state index >= 15 is 0 Å². The molecule has 0 aromatic heterocycles. The predicted molar refractivity (Wildman–Crippen MR) is 82.7 cm³/mol. The number of hydrogen-bond donors (Lipinski definition) is 3. The van der Waals surface area contributed by atoms with Crippen LogP contribution in [0.5, 0.6) is 11.5 Å². The Morgan fingerprint density at radius 3 is 2.62 bits per heavy atom. The molecule has 0 spiro atoms. The summed E-state index contributed by atoms with van der Waals surface area (Å²) in [5.74, 6) is -2.56. The van der Waals surface area contributed by atoms with E-state index in [0.29, 0.717) is 12.2 Å². The van der Waals surface area contributed by atoms with Crippen molar-refractivity contribution in [3.05, 3.63) is 59.2 Å². The van der Waals surface area contributed by atoms with Gasteiger partial charge in [-0.15, -0.1) is 0 Å². The summed E-state index contributed by atoms with van der Waals surface area (Å²) in [7, 11) is 1.43. The fourth-order valence-corrected chi connectivity index (χ4v) is 2.14. The van der Waals surface area contributed by atoms with Gasteiger partial charge in [0.15, 0.2) is 29.2 Å². The van der Waals surface area contributed by atoms with Crippen LogP contribution < -0.4 is 10.1 Å². The van der Waals surface area contributed by atoms with Gasteiger partial charge in [-0.25, -0.2) is 8.78 Å². The summed E-state index contributed by atoms with van der Waals surface area (Å²) in [6.07, 6.45) is -1.15. The maximum atomic E-state index is 13.1. The molecule has 7 heteroatoms. The van der Waals surface area contributed by atoms with Crippen LogP contribution in [-0.2, 0) is 11.2 Å². The lowest BCUT2D eigenvalue weighted by atomic mass is 10.1. The second kappa shape index (κ2) is 7.74. The third-order valence-electron chi connectivity index (χ3n) is 3.46. The number of carbonyl (C=O) groups excluding carboxylic acids is 1. The summed E-state index contributed by atoms with van der Waals surface area (Å²) < 4.78 is 31.0. The van der Waals surface area contributed by atoms with Crippen LogP contribution in [0.4, 0.5) is 8.78 Å². The quantitative estimate of drug-likeness (QED) is 0.754. The molecule has 24 heavy (non-hydrogen) atoms. The summed E-state index contributed by atoms with van der Waals surface area (Å²) in [5.41, 5.74) is 0.782. The number of aliphatic hydroxyl groups excluding tert-OH is 1. The number of halogens is 2. The van der Waals surface area contributed by atoms with Gasteiger partial charge in [-0.3, -0.25) is 4.79 Å². The number of phenols is 1. The lowest BCUT2D eigenvalue weighted by Crippen LogP contribution is -2.31. The van der Waals surface area contributed by atoms with Gasteiger partial charge < -0.3 is 20.3 Å². The number of methoxy groups -OCH3 is 1. The number of nitrogens with one attached hydrogen (secondary N) is 1. The number of phenolic OH excluding ortho intramolecular Hbond substituents is 1. The average molecular weight is 337 g/mol. The first kappa shape index (κ1) is 17.7. The van der Waals surface area contributed by atoms with Crippen molar-refractivity contribution in [1.82, 2.24) is 5.32 Å². The Kier molecular flexibility index (Phi) is 5.70. The first-order valence-corrected chi connectivity index (χ1v) is 7.19. The fraction of sp³-hybridized carbons (Fsp3) is 0.235. The maximum Gasteiger partial charge on any atom is 0.253 e. The van der Waals surface area contributed by atoms with E-state index < -0.39 is 23.6 Å². The Morgan fingerprint density at radius 2 is 1.96 bits per heavy atom. The van der Waals surface area contributed by atoms with Crippen LogP contribution >= 0.6 is 0 Å². The van der Waals surface area contributed by atoms with Crippen LogP contribution in [0.1, 0.15) is 17.2 Å². The average Bonchev–Trinajstić information content (AvgIpc) is 2.58. The van der Waals surface area contributed by atoms with Crippen molar-refractivity contribution in [2.24, 2.45) is 0 Å². The lowest BCUT2D eigenvalue weighted by Gasteiger charge is -2.12. The first-order chi connectivity index (χ1) is 11.4. The van der Waals surface area contributed by atoms with Crippen molar-refractivity contribution in [1.29, 1.82) is 0 Å². The fourth-order valence-electron chi connectivity index (χ4n) is 2.14. The lowest BCUT2D eigenvalue weighted by molar-refractivity contribution is -0.129. The summed E-state index contributed by atoms with van der Waals surface area (Å²) >= 11 is 0. The number of ether oxygens (including phenoxy) is 1. The van der Waals surface area contributed by atoms with E-state index in [-0.39, 0.29) is 17.9 Å². The Bertz CT molecular complexity index is 737. The number of aliphatic hydroxyl groups is 1. The van der Waals surface area contributed by atoms with Crippen LogP contribution in [0.25, 0.3) is 0 Å². The highest BCUT2D eigenvalue weighted by atomic mass is 19.2. The number of benzene rings is 2. The second-order valence-corrected chi connectivity index (χ2v) is 5.12. The number of amides is 1. The molecule has 0 aliphatic rings. The highest BCUT2D eigenvalue weighted by Gasteiger charge is 2.18. The van der Waals surface area contributed by atoms with E-state index in [1.165, 1.54) is 13.2 Å². The molecule has 0 saturated carbocycles. The Balaban J connectivity index is 1.91. The molecule has 0 radical (unpaired) electrons. The minimum Gasteiger partial charge on any atom is -0.504 e. The zero-order valence-corrected chi connectivity index (χ0v) is 12.9. The van der Waals surface area contributed by atoms with Crippen molar-refractivity contribution in [3.63, 3.8) is 0 Å². The molecular weight excluding hydrogens is 320 g/mol. The summed E-state index contributed by atoms with van der Waals surface area (Å²) in [5, 5.41) is 21.9. The molecule has 0 heterocycles. The van der Waals surface area contributed by atoms with E-state index in [0.717, 1.165) is 23.8 Å². The molecule has 128 valence electrons. The highest BCUT2D eigenvalue weighted by molar-refractivity contribution is 5.81. The van der Waals surface area contributed by atoms with Gasteiger partial charge in [0.2, 0.25) is 0 Å². The van der Waals surface area contributed by atoms with Gasteiger partial charge in [0.1, 0.15) is 0 Å². The molecule has 1 amide bonds. The summed E-state index contributed by atoms with van der Waals surface area (Å²) in [4.78, 5) is 11.9. The maximum absolute atomic E-state index is 13.1. The van der Waals surface area contributed by atoms with E-state index in [1.807, 2.05) is 0 Å². The van der Waals surface area contributed by atoms with E-state index in [2.05, 4.69) is 5.32 Å². The molecule has 5 nitrogen and oxygen atoms in total. The molecule has 0 fully saturated rings. The van der Waals surface area contributed by atoms with Crippen LogP contribution in [0.15, 0.2) is 36.4 Å². The van der Waals surface area contributed by atoms with Crippen LogP contribution in [0.2, 0.25) is 0 Å². The molecule has 2 rings (SSSR count). The second-order valence-electron chi connectivity index (χ2n) is 5.12. The molecule has 0 aliphatic heterocycles. The van der Waals surface area contributed by atoms with Gasteiger partial charge in [0, 0.05) is 6.54 Å². The SMILES string of the molecule is COc1cc(CCNC(=O)C(O)c2ccc(F)c(F)c2)ccc1O. The van der Waals surface area contributed by atoms with Crippen molar-refractivity contribution in [3.8, 4) is 11.5 Å². The normalized spacial score (nSPS) is 11.8. The Hall–Kier alpha value is -2.67. The number of aromatic hydroxyl groups is 1. The van der Waals surface area contributed by atoms with Gasteiger partial charge in [-0.05, 0) is 41.8 Å². The van der Waals surface area contributed by atoms with Crippen molar-refractivity contribution < 1.29 is 28.5 Å². The minimum absolute atomic E-state index is 0.0130. The number of carbonyl (C=O) groups is 1. The monoisotopic (exact) mass is 337 g/mol. The van der Waals surface area contributed by atoms with Crippen molar-refractivity contribution >= 4 is 5.91 Å². The largest absolute Gasteiger partial charge is 0.504 e. The minimum atomic E-state index is -1.59. The van der Waals surface area contributed by atoms with Gasteiger partial charge in [-0.1, -0.05) is 12.1 Å². The molecule has 0 aliphatic carbocycles. The van der Waals surface area contributed by atoms with Crippen LogP contribution in [-0.4, -0.2) is 29.8 Å².